The molecule has 0 radical (unpaired) electrons. The topological polar surface area (TPSA) is 94.9 Å². The lowest BCUT2D eigenvalue weighted by molar-refractivity contribution is -0.118. The minimum absolute atomic E-state index is 0.231. The van der Waals surface area contributed by atoms with E-state index < -0.39 is 0 Å². The predicted octanol–water partition coefficient (Wildman–Crippen LogP) is -0.263. The zero-order valence-electron chi connectivity index (χ0n) is 15.0. The molecule has 0 spiro atoms. The molecular weight excluding hydrogens is 334 g/mol. The van der Waals surface area contributed by atoms with Crippen LogP contribution in [0.2, 0.25) is 0 Å². The summed E-state index contributed by atoms with van der Waals surface area (Å²) in [5, 5.41) is 10.0. The molecule has 1 fully saturated rings. The van der Waals surface area contributed by atoms with Crippen LogP contribution in [-0.4, -0.2) is 78.1 Å². The van der Waals surface area contributed by atoms with Crippen molar-refractivity contribution in [3.63, 3.8) is 0 Å². The third kappa shape index (κ3) is 4.10. The van der Waals surface area contributed by atoms with Gasteiger partial charge in [-0.05, 0) is 26.0 Å². The second-order valence-electron chi connectivity index (χ2n) is 6.31. The molecule has 0 aromatic carbocycles. The number of fused-ring (bicyclic) bond motifs is 1. The van der Waals surface area contributed by atoms with Gasteiger partial charge in [0.15, 0.2) is 5.65 Å². The van der Waals surface area contributed by atoms with Gasteiger partial charge in [-0.2, -0.15) is 5.10 Å². The van der Waals surface area contributed by atoms with Gasteiger partial charge in [0.05, 0.1) is 6.20 Å². The summed E-state index contributed by atoms with van der Waals surface area (Å²) in [7, 11) is 1.83. The van der Waals surface area contributed by atoms with Crippen LogP contribution in [0, 0.1) is 0 Å². The van der Waals surface area contributed by atoms with Crippen LogP contribution < -0.4 is 15.5 Å². The summed E-state index contributed by atoms with van der Waals surface area (Å²) in [6.07, 6.45) is 6.49. The van der Waals surface area contributed by atoms with Crippen LogP contribution in [0.25, 0.3) is 5.65 Å². The molecule has 140 valence electrons. The van der Waals surface area contributed by atoms with Gasteiger partial charge in [-0.15, -0.1) is 0 Å². The van der Waals surface area contributed by atoms with E-state index in [0.29, 0.717) is 37.4 Å². The summed E-state index contributed by atoms with van der Waals surface area (Å²) in [5.74, 6) is 0.647. The Morgan fingerprint density at radius 1 is 1.31 bits per heavy atom. The molecule has 26 heavy (non-hydrogen) atoms. The van der Waals surface area contributed by atoms with Crippen LogP contribution in [0.1, 0.15) is 23.2 Å². The molecule has 0 saturated carbocycles. The first-order valence-electron chi connectivity index (χ1n) is 8.94. The summed E-state index contributed by atoms with van der Waals surface area (Å²) >= 11 is 0. The van der Waals surface area contributed by atoms with E-state index in [0.717, 1.165) is 25.3 Å². The smallest absolute Gasteiger partial charge is 0.256 e. The molecule has 2 aromatic heterocycles. The van der Waals surface area contributed by atoms with E-state index in [1.54, 1.807) is 9.42 Å². The third-order valence-electron chi connectivity index (χ3n) is 4.51. The van der Waals surface area contributed by atoms with Gasteiger partial charge in [0, 0.05) is 45.5 Å². The number of carbonyl (C=O) groups is 2. The lowest BCUT2D eigenvalue weighted by Gasteiger charge is -2.17. The molecule has 0 bridgehead atoms. The number of anilines is 1. The number of hydrogen-bond donors (Lipinski definition) is 2. The molecule has 2 aromatic rings. The molecule has 0 aliphatic carbocycles. The number of nitrogens with one attached hydrogen (secondary N) is 2. The molecule has 0 atom stereocenters. The van der Waals surface area contributed by atoms with Crippen LogP contribution in [-0.2, 0) is 4.79 Å². The van der Waals surface area contributed by atoms with Crippen molar-refractivity contribution in [3.05, 3.63) is 24.0 Å². The summed E-state index contributed by atoms with van der Waals surface area (Å²) in [4.78, 5) is 32.0. The highest BCUT2D eigenvalue weighted by molar-refractivity contribution is 5.99. The zero-order chi connectivity index (χ0) is 18.4. The fourth-order valence-corrected chi connectivity index (χ4v) is 3.02. The molecule has 9 nitrogen and oxygen atoms in total. The van der Waals surface area contributed by atoms with Gasteiger partial charge in [-0.3, -0.25) is 9.59 Å². The van der Waals surface area contributed by atoms with Crippen molar-refractivity contribution < 1.29 is 9.59 Å². The first kappa shape index (κ1) is 18.1. The van der Waals surface area contributed by atoms with Crippen molar-refractivity contribution >= 4 is 23.8 Å². The number of hydrogen-bond acceptors (Lipinski definition) is 6. The van der Waals surface area contributed by atoms with Crippen LogP contribution in [0.15, 0.2) is 18.5 Å². The maximum atomic E-state index is 12.5. The van der Waals surface area contributed by atoms with Gasteiger partial charge in [0.25, 0.3) is 5.91 Å². The van der Waals surface area contributed by atoms with Crippen molar-refractivity contribution in [1.29, 1.82) is 0 Å². The first-order chi connectivity index (χ1) is 12.7. The Kier molecular flexibility index (Phi) is 6.00. The Labute approximate surface area is 152 Å². The van der Waals surface area contributed by atoms with Crippen LogP contribution in [0.5, 0.6) is 0 Å². The largest absolute Gasteiger partial charge is 0.357 e. The average molecular weight is 359 g/mol. The number of nitrogens with zero attached hydrogens (tertiary/aromatic N) is 5. The van der Waals surface area contributed by atoms with Crippen molar-refractivity contribution in [2.45, 2.75) is 12.8 Å². The minimum Gasteiger partial charge on any atom is -0.357 e. The number of amides is 2. The predicted molar refractivity (Wildman–Crippen MR) is 98.3 cm³/mol. The Morgan fingerprint density at radius 3 is 2.81 bits per heavy atom. The highest BCUT2D eigenvalue weighted by Gasteiger charge is 2.18. The SMILES string of the molecule is CNCCN(C=O)CCNC(=O)c1cnn2ccc(N3CCCC3)nc12. The molecule has 2 amide bonds. The number of likely N-dealkylation sites (N-methyl/N-ethyl adjacent to an activating group) is 1. The lowest BCUT2D eigenvalue weighted by atomic mass is 10.3. The molecule has 3 rings (SSSR count). The average Bonchev–Trinajstić information content (AvgIpc) is 3.33. The van der Waals surface area contributed by atoms with Gasteiger partial charge in [0.2, 0.25) is 6.41 Å². The van der Waals surface area contributed by atoms with E-state index in [2.05, 4.69) is 25.6 Å². The fourth-order valence-electron chi connectivity index (χ4n) is 3.02. The summed E-state index contributed by atoms with van der Waals surface area (Å²) < 4.78 is 1.61. The highest BCUT2D eigenvalue weighted by atomic mass is 16.2. The lowest BCUT2D eigenvalue weighted by Crippen LogP contribution is -2.37. The van der Waals surface area contributed by atoms with E-state index in [9.17, 15) is 9.59 Å². The maximum Gasteiger partial charge on any atom is 0.256 e. The standard InChI is InChI=1S/C17H25N7O2/c1-18-5-10-22(13-25)11-6-19-17(26)14-12-20-24-9-4-15(21-16(14)24)23-7-2-3-8-23/h4,9,12-13,18H,2-3,5-8,10-11H2,1H3,(H,19,26). The molecule has 2 N–H and O–H groups in total. The van der Waals surface area contributed by atoms with Crippen molar-refractivity contribution in [1.82, 2.24) is 30.1 Å². The number of carbonyl (C=O) groups excluding carboxylic acids is 2. The Hall–Kier alpha value is -2.68. The summed E-state index contributed by atoms with van der Waals surface area (Å²) in [6.45, 7) is 4.14. The maximum absolute atomic E-state index is 12.5. The van der Waals surface area contributed by atoms with Crippen molar-refractivity contribution in [3.8, 4) is 0 Å². The zero-order valence-corrected chi connectivity index (χ0v) is 15.0. The summed E-state index contributed by atoms with van der Waals surface area (Å²) in [5.41, 5.74) is 0.994. The van der Waals surface area contributed by atoms with Crippen LogP contribution in [0.4, 0.5) is 5.82 Å². The van der Waals surface area contributed by atoms with Gasteiger partial charge >= 0.3 is 0 Å². The van der Waals surface area contributed by atoms with Gasteiger partial charge in [0.1, 0.15) is 11.4 Å². The quantitative estimate of drug-likeness (QED) is 0.599. The number of aromatic nitrogens is 3. The monoisotopic (exact) mass is 359 g/mol. The third-order valence-corrected chi connectivity index (χ3v) is 4.51. The molecular formula is C17H25N7O2. The van der Waals surface area contributed by atoms with Crippen LogP contribution >= 0.6 is 0 Å². The van der Waals surface area contributed by atoms with E-state index in [1.165, 1.54) is 19.0 Å². The van der Waals surface area contributed by atoms with Gasteiger partial charge in [-0.1, -0.05) is 0 Å². The van der Waals surface area contributed by atoms with Gasteiger partial charge in [-0.25, -0.2) is 9.50 Å². The first-order valence-corrected chi connectivity index (χ1v) is 8.94. The van der Waals surface area contributed by atoms with Crippen molar-refractivity contribution in [2.24, 2.45) is 0 Å². The van der Waals surface area contributed by atoms with Crippen LogP contribution in [0.3, 0.4) is 0 Å². The van der Waals surface area contributed by atoms with E-state index in [4.69, 9.17) is 0 Å². The number of rotatable bonds is 9. The van der Waals surface area contributed by atoms with E-state index >= 15 is 0 Å². The molecule has 1 saturated heterocycles. The second kappa shape index (κ2) is 8.61. The molecule has 9 heteroatoms. The fraction of sp³-hybridized carbons (Fsp3) is 0.529. The second-order valence-corrected chi connectivity index (χ2v) is 6.31. The Morgan fingerprint density at radius 2 is 2.08 bits per heavy atom. The van der Waals surface area contributed by atoms with Crippen molar-refractivity contribution in [2.75, 3.05) is 51.2 Å². The molecule has 1 aliphatic heterocycles. The molecule has 1 aliphatic rings. The summed E-state index contributed by atoms with van der Waals surface area (Å²) in [6, 6.07) is 1.93. The Balaban J connectivity index is 1.64. The van der Waals surface area contributed by atoms with Gasteiger partial charge < -0.3 is 20.4 Å². The normalized spacial score (nSPS) is 14.0. The molecule has 0 unspecified atom stereocenters. The minimum atomic E-state index is -0.231. The van der Waals surface area contributed by atoms with E-state index in [-0.39, 0.29) is 5.91 Å². The van der Waals surface area contributed by atoms with E-state index in [1.807, 2.05) is 19.3 Å². The molecule has 3 heterocycles. The Bertz CT molecular complexity index is 755. The highest BCUT2D eigenvalue weighted by Crippen LogP contribution is 2.19.